The van der Waals surface area contributed by atoms with Gasteiger partial charge < -0.3 is 4.74 Å². The molecule has 2 heteroatoms. The molecular weight excluding hydrogens is 186 g/mol. The van der Waals surface area contributed by atoms with Gasteiger partial charge in [-0.1, -0.05) is 30.3 Å². The maximum absolute atomic E-state index is 6.12. The molecule has 0 bridgehead atoms. The Balaban J connectivity index is 1.74. The highest BCUT2D eigenvalue weighted by molar-refractivity contribution is 5.18. The summed E-state index contributed by atoms with van der Waals surface area (Å²) in [4.78, 5) is 2.47. The molecule has 80 valence electrons. The first-order chi connectivity index (χ1) is 7.43. The van der Waals surface area contributed by atoms with Crippen LogP contribution in [-0.2, 0) is 4.74 Å². The largest absolute Gasteiger partial charge is 0.355 e. The minimum atomic E-state index is 0.325. The summed E-state index contributed by atoms with van der Waals surface area (Å²) >= 11 is 0. The van der Waals surface area contributed by atoms with Crippen LogP contribution in [0.5, 0.6) is 0 Å². The number of rotatable bonds is 1. The van der Waals surface area contributed by atoms with E-state index in [9.17, 15) is 0 Å². The van der Waals surface area contributed by atoms with Crippen molar-refractivity contribution in [3.63, 3.8) is 0 Å². The van der Waals surface area contributed by atoms with Gasteiger partial charge in [0.1, 0.15) is 6.23 Å². The molecule has 2 nitrogen and oxygen atoms in total. The van der Waals surface area contributed by atoms with Crippen LogP contribution in [0, 0.1) is 0 Å². The lowest BCUT2D eigenvalue weighted by atomic mass is 10.1. The molecule has 0 saturated carbocycles. The Bertz CT molecular complexity index is 325. The lowest BCUT2D eigenvalue weighted by molar-refractivity contribution is -0.122. The molecular formula is C13H17NO. The van der Waals surface area contributed by atoms with E-state index in [1.807, 2.05) is 0 Å². The molecule has 0 amide bonds. The Labute approximate surface area is 90.8 Å². The second kappa shape index (κ2) is 3.95. The van der Waals surface area contributed by atoms with Crippen molar-refractivity contribution in [3.05, 3.63) is 35.9 Å². The Hall–Kier alpha value is -0.860. The molecule has 2 aliphatic heterocycles. The van der Waals surface area contributed by atoms with Crippen molar-refractivity contribution < 1.29 is 4.74 Å². The molecule has 2 fully saturated rings. The molecule has 0 radical (unpaired) electrons. The topological polar surface area (TPSA) is 12.5 Å². The first-order valence-corrected chi connectivity index (χ1v) is 5.88. The van der Waals surface area contributed by atoms with Crippen LogP contribution < -0.4 is 0 Å². The second-order valence-electron chi connectivity index (χ2n) is 4.46. The molecule has 0 N–H and O–H groups in total. The molecule has 3 rings (SSSR count). The number of fused-ring (bicyclic) bond motifs is 1. The number of hydrogen-bond donors (Lipinski definition) is 0. The summed E-state index contributed by atoms with van der Waals surface area (Å²) < 4.78 is 6.12. The fourth-order valence-electron chi connectivity index (χ4n) is 2.66. The van der Waals surface area contributed by atoms with E-state index in [0.717, 1.165) is 6.42 Å². The average Bonchev–Trinajstić information content (AvgIpc) is 2.77. The lowest BCUT2D eigenvalue weighted by Gasteiger charge is -2.35. The highest BCUT2D eigenvalue weighted by Gasteiger charge is 2.32. The maximum atomic E-state index is 6.12. The van der Waals surface area contributed by atoms with Crippen molar-refractivity contribution >= 4 is 0 Å². The molecule has 2 aliphatic rings. The molecule has 0 spiro atoms. The molecule has 1 aromatic rings. The van der Waals surface area contributed by atoms with Crippen molar-refractivity contribution in [1.29, 1.82) is 0 Å². The van der Waals surface area contributed by atoms with Gasteiger partial charge in [0.05, 0.1) is 6.10 Å². The highest BCUT2D eigenvalue weighted by atomic mass is 16.5. The van der Waals surface area contributed by atoms with Crippen LogP contribution in [0.1, 0.15) is 30.9 Å². The van der Waals surface area contributed by atoms with E-state index in [2.05, 4.69) is 35.2 Å². The number of nitrogens with zero attached hydrogens (tertiary/aromatic N) is 1. The number of benzene rings is 1. The van der Waals surface area contributed by atoms with E-state index in [0.29, 0.717) is 12.3 Å². The second-order valence-corrected chi connectivity index (χ2v) is 4.46. The molecule has 0 aliphatic carbocycles. The summed E-state index contributed by atoms with van der Waals surface area (Å²) in [5.41, 5.74) is 1.34. The predicted molar refractivity (Wildman–Crippen MR) is 59.5 cm³/mol. The fraction of sp³-hybridized carbons (Fsp3) is 0.538. The number of hydrogen-bond acceptors (Lipinski definition) is 2. The Morgan fingerprint density at radius 2 is 1.93 bits per heavy atom. The Morgan fingerprint density at radius 3 is 2.80 bits per heavy atom. The molecule has 2 atom stereocenters. The van der Waals surface area contributed by atoms with Crippen molar-refractivity contribution in [2.24, 2.45) is 0 Å². The maximum Gasteiger partial charge on any atom is 0.111 e. The van der Waals surface area contributed by atoms with Crippen molar-refractivity contribution in [3.8, 4) is 0 Å². The zero-order valence-corrected chi connectivity index (χ0v) is 8.93. The molecule has 2 saturated heterocycles. The molecule has 2 heterocycles. The minimum absolute atomic E-state index is 0.325. The third-order valence-electron chi connectivity index (χ3n) is 3.47. The zero-order valence-electron chi connectivity index (χ0n) is 8.93. The smallest absolute Gasteiger partial charge is 0.111 e. The van der Waals surface area contributed by atoms with Crippen molar-refractivity contribution in [2.45, 2.75) is 31.6 Å². The SMILES string of the molecule is c1ccc(C2CCN3CCCC3O2)cc1. The van der Waals surface area contributed by atoms with Crippen LogP contribution >= 0.6 is 0 Å². The lowest BCUT2D eigenvalue weighted by Crippen LogP contribution is -2.39. The van der Waals surface area contributed by atoms with Gasteiger partial charge in [0.2, 0.25) is 0 Å². The first kappa shape index (κ1) is 9.37. The third-order valence-corrected chi connectivity index (χ3v) is 3.47. The van der Waals surface area contributed by atoms with Gasteiger partial charge in [0.25, 0.3) is 0 Å². The van der Waals surface area contributed by atoms with Crippen LogP contribution in [0.2, 0.25) is 0 Å². The molecule has 0 aromatic heterocycles. The number of ether oxygens (including phenoxy) is 1. The Kier molecular flexibility index (Phi) is 2.47. The highest BCUT2D eigenvalue weighted by Crippen LogP contribution is 2.33. The predicted octanol–water partition coefficient (Wildman–Crippen LogP) is 2.57. The minimum Gasteiger partial charge on any atom is -0.355 e. The van der Waals surface area contributed by atoms with Crippen LogP contribution in [-0.4, -0.2) is 24.2 Å². The molecule has 1 aromatic carbocycles. The van der Waals surface area contributed by atoms with Crippen molar-refractivity contribution in [1.82, 2.24) is 4.90 Å². The summed E-state index contributed by atoms with van der Waals surface area (Å²) in [5, 5.41) is 0. The first-order valence-electron chi connectivity index (χ1n) is 5.88. The third kappa shape index (κ3) is 1.80. The van der Waals surface area contributed by atoms with Crippen LogP contribution in [0.15, 0.2) is 30.3 Å². The van der Waals surface area contributed by atoms with E-state index in [1.54, 1.807) is 0 Å². The quantitative estimate of drug-likeness (QED) is 0.695. The van der Waals surface area contributed by atoms with E-state index in [-0.39, 0.29) is 0 Å². The van der Waals surface area contributed by atoms with Gasteiger partial charge in [-0.25, -0.2) is 0 Å². The summed E-state index contributed by atoms with van der Waals surface area (Å²) in [7, 11) is 0. The van der Waals surface area contributed by atoms with E-state index in [4.69, 9.17) is 4.74 Å². The summed E-state index contributed by atoms with van der Waals surface area (Å²) in [5.74, 6) is 0. The van der Waals surface area contributed by atoms with E-state index in [1.165, 1.54) is 31.5 Å². The standard InChI is InChI=1S/C13H17NO/c1-2-5-11(6-3-1)12-8-10-14-9-4-7-13(14)15-12/h1-3,5-6,12-13H,4,7-10H2. The fourth-order valence-corrected chi connectivity index (χ4v) is 2.66. The normalized spacial score (nSPS) is 31.5. The zero-order chi connectivity index (χ0) is 10.1. The molecule has 2 unspecified atom stereocenters. The summed E-state index contributed by atoms with van der Waals surface area (Å²) in [6.45, 7) is 2.43. The van der Waals surface area contributed by atoms with Gasteiger partial charge in [-0.2, -0.15) is 0 Å². The van der Waals surface area contributed by atoms with Crippen molar-refractivity contribution in [2.75, 3.05) is 13.1 Å². The monoisotopic (exact) mass is 203 g/mol. The Morgan fingerprint density at radius 1 is 1.07 bits per heavy atom. The van der Waals surface area contributed by atoms with E-state index < -0.39 is 0 Å². The van der Waals surface area contributed by atoms with Crippen LogP contribution in [0.25, 0.3) is 0 Å². The van der Waals surface area contributed by atoms with Gasteiger partial charge in [-0.15, -0.1) is 0 Å². The molecule has 15 heavy (non-hydrogen) atoms. The van der Waals surface area contributed by atoms with E-state index >= 15 is 0 Å². The van der Waals surface area contributed by atoms with Gasteiger partial charge in [0, 0.05) is 13.1 Å². The van der Waals surface area contributed by atoms with Gasteiger partial charge in [-0.05, 0) is 24.8 Å². The van der Waals surface area contributed by atoms with Crippen LogP contribution in [0.3, 0.4) is 0 Å². The summed E-state index contributed by atoms with van der Waals surface area (Å²) in [6, 6.07) is 10.6. The van der Waals surface area contributed by atoms with Gasteiger partial charge in [0.15, 0.2) is 0 Å². The van der Waals surface area contributed by atoms with Gasteiger partial charge >= 0.3 is 0 Å². The van der Waals surface area contributed by atoms with Gasteiger partial charge in [-0.3, -0.25) is 4.90 Å². The summed E-state index contributed by atoms with van der Waals surface area (Å²) in [6.07, 6.45) is 4.37. The van der Waals surface area contributed by atoms with Crippen LogP contribution in [0.4, 0.5) is 0 Å². The average molecular weight is 203 g/mol.